The highest BCUT2D eigenvalue weighted by Crippen LogP contribution is 2.20. The molecular formula is C22H21F3N4O3. The third-order valence-corrected chi connectivity index (χ3v) is 4.74. The molecule has 0 spiro atoms. The molecule has 3 amide bonds. The SMILES string of the molecule is Cc1ccc(C(=O)NCC(F)(F)F)cc1NC(=O)C1=NN(Cc2ccccc2)C(=O)CC1. The van der Waals surface area contributed by atoms with Crippen molar-refractivity contribution in [2.45, 2.75) is 32.5 Å². The van der Waals surface area contributed by atoms with Crippen molar-refractivity contribution in [3.8, 4) is 0 Å². The Morgan fingerprint density at radius 1 is 1.06 bits per heavy atom. The van der Waals surface area contributed by atoms with Gasteiger partial charge in [0.25, 0.3) is 11.8 Å². The minimum Gasteiger partial charge on any atom is -0.343 e. The Bertz CT molecular complexity index is 1050. The van der Waals surface area contributed by atoms with Crippen molar-refractivity contribution in [1.82, 2.24) is 10.3 Å². The second kappa shape index (κ2) is 9.63. The van der Waals surface area contributed by atoms with Crippen molar-refractivity contribution < 1.29 is 27.6 Å². The maximum atomic E-state index is 12.7. The van der Waals surface area contributed by atoms with Crippen LogP contribution in [0.1, 0.15) is 34.3 Å². The van der Waals surface area contributed by atoms with Gasteiger partial charge in [0.05, 0.1) is 6.54 Å². The molecule has 0 aromatic heterocycles. The molecule has 2 N–H and O–H groups in total. The fourth-order valence-electron chi connectivity index (χ4n) is 3.02. The number of benzene rings is 2. The molecule has 1 aliphatic heterocycles. The van der Waals surface area contributed by atoms with Gasteiger partial charge in [0.1, 0.15) is 12.3 Å². The third kappa shape index (κ3) is 6.16. The molecule has 1 aliphatic rings. The third-order valence-electron chi connectivity index (χ3n) is 4.74. The van der Waals surface area contributed by atoms with E-state index in [1.165, 1.54) is 23.2 Å². The predicted molar refractivity (Wildman–Crippen MR) is 112 cm³/mol. The number of halogens is 3. The van der Waals surface area contributed by atoms with E-state index in [4.69, 9.17) is 0 Å². The van der Waals surface area contributed by atoms with Crippen molar-refractivity contribution >= 4 is 29.1 Å². The number of hydrogen-bond acceptors (Lipinski definition) is 4. The molecule has 2 aromatic rings. The zero-order valence-corrected chi connectivity index (χ0v) is 17.2. The number of nitrogens with zero attached hydrogens (tertiary/aromatic N) is 2. The summed E-state index contributed by atoms with van der Waals surface area (Å²) in [6.07, 6.45) is -4.25. The van der Waals surface area contributed by atoms with Crippen LogP contribution in [0.4, 0.5) is 18.9 Å². The highest BCUT2D eigenvalue weighted by Gasteiger charge is 2.28. The number of rotatable bonds is 6. The lowest BCUT2D eigenvalue weighted by Gasteiger charge is -2.23. The molecule has 0 radical (unpaired) electrons. The minimum atomic E-state index is -4.53. The summed E-state index contributed by atoms with van der Waals surface area (Å²) in [5, 5.41) is 9.85. The molecule has 0 saturated heterocycles. The molecule has 0 aliphatic carbocycles. The fourth-order valence-corrected chi connectivity index (χ4v) is 3.02. The molecule has 0 fully saturated rings. The number of hydrazone groups is 1. The molecule has 0 bridgehead atoms. The van der Waals surface area contributed by atoms with Gasteiger partial charge in [-0.15, -0.1) is 0 Å². The summed E-state index contributed by atoms with van der Waals surface area (Å²) >= 11 is 0. The summed E-state index contributed by atoms with van der Waals surface area (Å²) in [4.78, 5) is 36.9. The molecule has 0 atom stereocenters. The molecule has 10 heteroatoms. The predicted octanol–water partition coefficient (Wildman–Crippen LogP) is 3.40. The van der Waals surface area contributed by atoms with Gasteiger partial charge >= 0.3 is 6.18 Å². The average Bonchev–Trinajstić information content (AvgIpc) is 2.75. The molecule has 168 valence electrons. The smallest absolute Gasteiger partial charge is 0.343 e. The van der Waals surface area contributed by atoms with Crippen LogP contribution in [0.3, 0.4) is 0 Å². The number of carbonyl (C=O) groups excluding carboxylic acids is 3. The van der Waals surface area contributed by atoms with Gasteiger partial charge in [-0.25, -0.2) is 5.01 Å². The Morgan fingerprint density at radius 2 is 1.78 bits per heavy atom. The van der Waals surface area contributed by atoms with E-state index in [9.17, 15) is 27.6 Å². The van der Waals surface area contributed by atoms with Crippen molar-refractivity contribution in [2.75, 3.05) is 11.9 Å². The number of amides is 3. The second-order valence-corrected chi connectivity index (χ2v) is 7.27. The van der Waals surface area contributed by atoms with Crippen LogP contribution in [-0.4, -0.2) is 41.2 Å². The van der Waals surface area contributed by atoms with Crippen LogP contribution in [0.25, 0.3) is 0 Å². The number of anilines is 1. The molecule has 7 nitrogen and oxygen atoms in total. The van der Waals surface area contributed by atoms with Gasteiger partial charge in [0.2, 0.25) is 5.91 Å². The zero-order chi connectivity index (χ0) is 23.3. The van der Waals surface area contributed by atoms with Gasteiger partial charge in [-0.3, -0.25) is 14.4 Å². The van der Waals surface area contributed by atoms with Crippen LogP contribution in [0.2, 0.25) is 0 Å². The maximum absolute atomic E-state index is 12.7. The fraction of sp³-hybridized carbons (Fsp3) is 0.273. The minimum absolute atomic E-state index is 0.0263. The van der Waals surface area contributed by atoms with Crippen molar-refractivity contribution in [2.24, 2.45) is 5.10 Å². The zero-order valence-electron chi connectivity index (χ0n) is 17.2. The Hall–Kier alpha value is -3.69. The van der Waals surface area contributed by atoms with Gasteiger partial charge in [-0.1, -0.05) is 36.4 Å². The first-order valence-corrected chi connectivity index (χ1v) is 9.81. The van der Waals surface area contributed by atoms with E-state index in [0.717, 1.165) is 5.56 Å². The van der Waals surface area contributed by atoms with Gasteiger partial charge < -0.3 is 10.6 Å². The van der Waals surface area contributed by atoms with Crippen LogP contribution in [-0.2, 0) is 16.1 Å². The van der Waals surface area contributed by atoms with Gasteiger partial charge in [-0.2, -0.15) is 18.3 Å². The van der Waals surface area contributed by atoms with E-state index in [0.29, 0.717) is 5.56 Å². The lowest BCUT2D eigenvalue weighted by molar-refractivity contribution is -0.132. The lowest BCUT2D eigenvalue weighted by Crippen LogP contribution is -2.36. The molecule has 0 unspecified atom stereocenters. The quantitative estimate of drug-likeness (QED) is 0.713. The summed E-state index contributed by atoms with van der Waals surface area (Å²) in [5.41, 5.74) is 1.86. The van der Waals surface area contributed by atoms with Gasteiger partial charge in [0, 0.05) is 24.1 Å². The first kappa shape index (κ1) is 23.0. The van der Waals surface area contributed by atoms with Crippen LogP contribution < -0.4 is 10.6 Å². The van der Waals surface area contributed by atoms with E-state index in [1.54, 1.807) is 12.2 Å². The maximum Gasteiger partial charge on any atom is 0.405 e. The summed E-state index contributed by atoms with van der Waals surface area (Å²) in [7, 11) is 0. The summed E-state index contributed by atoms with van der Waals surface area (Å²) in [6, 6.07) is 13.4. The Morgan fingerprint density at radius 3 is 2.47 bits per heavy atom. The summed E-state index contributed by atoms with van der Waals surface area (Å²) in [5.74, 6) is -1.66. The monoisotopic (exact) mass is 446 g/mol. The van der Waals surface area contributed by atoms with Crippen LogP contribution >= 0.6 is 0 Å². The van der Waals surface area contributed by atoms with Crippen molar-refractivity contribution in [1.29, 1.82) is 0 Å². The number of hydrogen-bond donors (Lipinski definition) is 2. The summed E-state index contributed by atoms with van der Waals surface area (Å²) in [6.45, 7) is 0.453. The van der Waals surface area contributed by atoms with E-state index in [2.05, 4.69) is 10.4 Å². The lowest BCUT2D eigenvalue weighted by atomic mass is 10.1. The van der Waals surface area contributed by atoms with Gasteiger partial charge in [-0.05, 0) is 30.2 Å². The highest BCUT2D eigenvalue weighted by atomic mass is 19.4. The number of alkyl halides is 3. The summed E-state index contributed by atoms with van der Waals surface area (Å²) < 4.78 is 37.0. The number of carbonyl (C=O) groups is 3. The molecular weight excluding hydrogens is 425 g/mol. The average molecular weight is 446 g/mol. The first-order chi connectivity index (χ1) is 15.1. The normalized spacial score (nSPS) is 14.1. The number of aryl methyl sites for hydroxylation is 1. The van der Waals surface area contributed by atoms with Crippen molar-refractivity contribution in [3.05, 3.63) is 65.2 Å². The Labute approximate surface area is 182 Å². The van der Waals surface area contributed by atoms with E-state index >= 15 is 0 Å². The molecule has 0 saturated carbocycles. The largest absolute Gasteiger partial charge is 0.405 e. The number of nitrogens with one attached hydrogen (secondary N) is 2. The van der Waals surface area contributed by atoms with Crippen LogP contribution in [0.15, 0.2) is 53.6 Å². The highest BCUT2D eigenvalue weighted by molar-refractivity contribution is 6.43. The molecule has 1 heterocycles. The van der Waals surface area contributed by atoms with E-state index in [1.807, 2.05) is 30.3 Å². The Kier molecular flexibility index (Phi) is 6.92. The van der Waals surface area contributed by atoms with E-state index < -0.39 is 24.5 Å². The second-order valence-electron chi connectivity index (χ2n) is 7.27. The van der Waals surface area contributed by atoms with Crippen LogP contribution in [0, 0.1) is 6.92 Å². The van der Waals surface area contributed by atoms with Gasteiger partial charge in [0.15, 0.2) is 0 Å². The first-order valence-electron chi connectivity index (χ1n) is 9.81. The van der Waals surface area contributed by atoms with E-state index in [-0.39, 0.29) is 42.3 Å². The van der Waals surface area contributed by atoms with Crippen molar-refractivity contribution in [3.63, 3.8) is 0 Å². The Balaban J connectivity index is 1.72. The topological polar surface area (TPSA) is 90.9 Å². The molecule has 2 aromatic carbocycles. The molecule has 32 heavy (non-hydrogen) atoms. The molecule has 3 rings (SSSR count). The standard InChI is InChI=1S/C22H21F3N4O3/c1-14-7-8-16(20(31)26-13-22(23,24)25)11-18(14)27-21(32)17-9-10-19(30)29(28-17)12-15-5-3-2-4-6-15/h2-8,11H,9-10,12-13H2,1H3,(H,26,31)(H,27,32). The van der Waals surface area contributed by atoms with Crippen LogP contribution in [0.5, 0.6) is 0 Å².